The molecular weight excluding hydrogens is 397 g/mol. The number of hydrogen-bond acceptors (Lipinski definition) is 4. The highest BCUT2D eigenvalue weighted by Crippen LogP contribution is 2.65. The number of amides is 2. The topological polar surface area (TPSA) is 63.7 Å². The molecule has 31 heavy (non-hydrogen) atoms. The minimum atomic E-state index is -0.420. The minimum absolute atomic E-state index is 0.148. The zero-order chi connectivity index (χ0) is 21.3. The number of ketones is 1. The number of imide groups is 1. The Morgan fingerprint density at radius 1 is 0.935 bits per heavy atom. The number of Topliss-reactive ketones (excluding diaryl/α,β-unsaturated/α-hetero) is 1. The summed E-state index contributed by atoms with van der Waals surface area (Å²) >= 11 is 0. The molecule has 0 spiro atoms. The largest absolute Gasteiger partial charge is 0.483 e. The smallest absolute Gasteiger partial charge is 0.238 e. The Labute approximate surface area is 178 Å². The van der Waals surface area contributed by atoms with Crippen LogP contribution in [0.3, 0.4) is 0 Å². The van der Waals surface area contributed by atoms with Crippen molar-refractivity contribution in [3.05, 3.63) is 72.1 Å². The molecule has 2 aromatic carbocycles. The molecule has 0 aromatic heterocycles. The van der Waals surface area contributed by atoms with Crippen molar-refractivity contribution < 1.29 is 23.5 Å². The summed E-state index contributed by atoms with van der Waals surface area (Å²) in [5.74, 6) is 0.0244. The second-order valence-corrected chi connectivity index (χ2v) is 8.85. The molecule has 0 radical (unpaired) electrons. The van der Waals surface area contributed by atoms with Crippen LogP contribution in [0.15, 0.2) is 60.7 Å². The summed E-state index contributed by atoms with van der Waals surface area (Å²) in [4.78, 5) is 40.4. The molecule has 0 unspecified atom stereocenters. The second kappa shape index (κ2) is 6.61. The fourth-order valence-corrected chi connectivity index (χ4v) is 5.82. The lowest BCUT2D eigenvalue weighted by Gasteiger charge is -2.37. The first kappa shape index (κ1) is 18.5. The van der Waals surface area contributed by atoms with Crippen molar-refractivity contribution in [1.82, 2.24) is 0 Å². The number of nitrogens with zero attached hydrogens (tertiary/aromatic N) is 1. The molecule has 156 valence electrons. The summed E-state index contributed by atoms with van der Waals surface area (Å²) in [6, 6.07) is 12.1. The van der Waals surface area contributed by atoms with Crippen molar-refractivity contribution in [3.8, 4) is 5.75 Å². The Morgan fingerprint density at radius 3 is 2.19 bits per heavy atom. The molecule has 7 rings (SSSR count). The van der Waals surface area contributed by atoms with Crippen LogP contribution in [-0.4, -0.2) is 24.2 Å². The number of anilines is 1. The van der Waals surface area contributed by atoms with Crippen molar-refractivity contribution >= 4 is 23.3 Å². The van der Waals surface area contributed by atoms with Gasteiger partial charge in [0.1, 0.15) is 11.6 Å². The summed E-state index contributed by atoms with van der Waals surface area (Å²) in [5, 5.41) is 0. The molecule has 6 atom stereocenters. The maximum Gasteiger partial charge on any atom is 0.238 e. The van der Waals surface area contributed by atoms with Crippen molar-refractivity contribution in [2.24, 2.45) is 35.5 Å². The molecule has 2 aromatic rings. The van der Waals surface area contributed by atoms with Gasteiger partial charge in [0, 0.05) is 5.56 Å². The molecule has 0 N–H and O–H groups in total. The van der Waals surface area contributed by atoms with Crippen LogP contribution in [0.4, 0.5) is 10.1 Å². The van der Waals surface area contributed by atoms with E-state index >= 15 is 0 Å². The van der Waals surface area contributed by atoms with Crippen molar-refractivity contribution in [3.63, 3.8) is 0 Å². The van der Waals surface area contributed by atoms with E-state index in [9.17, 15) is 18.8 Å². The van der Waals surface area contributed by atoms with E-state index in [1.54, 1.807) is 24.3 Å². The number of benzene rings is 2. The summed E-state index contributed by atoms with van der Waals surface area (Å²) in [6.45, 7) is -0.275. The molecule has 5 nitrogen and oxygen atoms in total. The first-order valence-electron chi connectivity index (χ1n) is 10.6. The zero-order valence-corrected chi connectivity index (χ0v) is 16.6. The number of ether oxygens (including phenoxy) is 1. The van der Waals surface area contributed by atoms with Crippen LogP contribution < -0.4 is 9.64 Å². The van der Waals surface area contributed by atoms with Gasteiger partial charge in [-0.05, 0) is 66.5 Å². The molecule has 4 aliphatic carbocycles. The van der Waals surface area contributed by atoms with Gasteiger partial charge in [-0.2, -0.15) is 0 Å². The fourth-order valence-electron chi connectivity index (χ4n) is 5.82. The van der Waals surface area contributed by atoms with Crippen molar-refractivity contribution in [2.45, 2.75) is 6.42 Å². The van der Waals surface area contributed by atoms with Gasteiger partial charge >= 0.3 is 0 Å². The van der Waals surface area contributed by atoms with Gasteiger partial charge in [-0.1, -0.05) is 24.3 Å². The predicted octanol–water partition coefficient (Wildman–Crippen LogP) is 3.64. The van der Waals surface area contributed by atoms with Gasteiger partial charge in [-0.3, -0.25) is 14.4 Å². The standard InChI is InChI=1S/C25H20FNO4/c26-14-7-5-13(6-8-14)20(28)12-31-21-4-2-1-3-19(21)27-24(29)22-15-9-10-16(18-11-17(15)18)23(22)25(27)30/h1-10,15-18,22-23H,11-12H2/t15-,16-,17-,18+,22+,23+/m1/s1. The van der Waals surface area contributed by atoms with Gasteiger partial charge in [0.05, 0.1) is 17.5 Å². The zero-order valence-electron chi connectivity index (χ0n) is 16.6. The Balaban J connectivity index is 1.26. The number of carbonyl (C=O) groups excluding carboxylic acids is 3. The quantitative estimate of drug-likeness (QED) is 0.423. The molecular formula is C25H20FNO4. The number of para-hydroxylation sites is 2. The minimum Gasteiger partial charge on any atom is -0.483 e. The third-order valence-electron chi connectivity index (χ3n) is 7.29. The van der Waals surface area contributed by atoms with E-state index in [-0.39, 0.29) is 47.9 Å². The molecule has 2 saturated carbocycles. The highest BCUT2D eigenvalue weighted by molar-refractivity contribution is 6.23. The highest BCUT2D eigenvalue weighted by Gasteiger charge is 2.67. The lowest BCUT2D eigenvalue weighted by molar-refractivity contribution is -0.124. The molecule has 2 bridgehead atoms. The van der Waals surface area contributed by atoms with Crippen molar-refractivity contribution in [2.75, 3.05) is 11.5 Å². The Bertz CT molecular complexity index is 1100. The average molecular weight is 417 g/mol. The Kier molecular flexibility index (Phi) is 3.94. The van der Waals surface area contributed by atoms with Gasteiger partial charge < -0.3 is 4.74 Å². The molecule has 1 saturated heterocycles. The predicted molar refractivity (Wildman–Crippen MR) is 110 cm³/mol. The summed E-state index contributed by atoms with van der Waals surface area (Å²) in [6.07, 6.45) is 5.39. The molecule has 6 heteroatoms. The summed E-state index contributed by atoms with van der Waals surface area (Å²) in [7, 11) is 0. The van der Waals surface area contributed by atoms with Crippen LogP contribution in [0.1, 0.15) is 16.8 Å². The number of hydrogen-bond donors (Lipinski definition) is 0. The van der Waals surface area contributed by atoms with E-state index in [2.05, 4.69) is 12.2 Å². The lowest BCUT2D eigenvalue weighted by atomic mass is 9.63. The monoisotopic (exact) mass is 417 g/mol. The second-order valence-electron chi connectivity index (χ2n) is 8.85. The summed E-state index contributed by atoms with van der Waals surface area (Å²) in [5.41, 5.74) is 0.715. The number of rotatable bonds is 5. The molecule has 1 aliphatic heterocycles. The van der Waals surface area contributed by atoms with E-state index in [1.165, 1.54) is 29.2 Å². The number of halogens is 1. The van der Waals surface area contributed by atoms with Crippen LogP contribution >= 0.6 is 0 Å². The van der Waals surface area contributed by atoms with Crippen LogP contribution in [-0.2, 0) is 9.59 Å². The highest BCUT2D eigenvalue weighted by atomic mass is 19.1. The van der Waals surface area contributed by atoms with E-state index in [1.807, 2.05) is 0 Å². The van der Waals surface area contributed by atoms with Gasteiger partial charge in [-0.15, -0.1) is 0 Å². The molecule has 2 amide bonds. The first-order chi connectivity index (χ1) is 15.0. The van der Waals surface area contributed by atoms with E-state index in [0.717, 1.165) is 6.42 Å². The SMILES string of the molecule is O=C(COc1ccccc1N1C(=O)[C@H]2[C@@H]3C=C[C@H]([C@@H]4C[C@H]34)[C@@H]2C1=O)c1ccc(F)cc1. The van der Waals surface area contributed by atoms with Gasteiger partial charge in [0.15, 0.2) is 12.4 Å². The molecule has 5 aliphatic rings. The van der Waals surface area contributed by atoms with Gasteiger partial charge in [-0.25, -0.2) is 9.29 Å². The molecule has 3 fully saturated rings. The number of carbonyl (C=O) groups is 3. The van der Waals surface area contributed by atoms with Crippen LogP contribution in [0.2, 0.25) is 0 Å². The fraction of sp³-hybridized carbons (Fsp3) is 0.320. The van der Waals surface area contributed by atoms with Crippen LogP contribution in [0.25, 0.3) is 0 Å². The average Bonchev–Trinajstić information content (AvgIpc) is 3.56. The summed E-state index contributed by atoms with van der Waals surface area (Å²) < 4.78 is 18.8. The van der Waals surface area contributed by atoms with Crippen LogP contribution in [0, 0.1) is 41.3 Å². The first-order valence-corrected chi connectivity index (χ1v) is 10.6. The van der Waals surface area contributed by atoms with Crippen molar-refractivity contribution in [1.29, 1.82) is 0 Å². The maximum absolute atomic E-state index is 13.4. The lowest BCUT2D eigenvalue weighted by Crippen LogP contribution is -2.40. The Hall–Kier alpha value is -3.28. The van der Waals surface area contributed by atoms with Gasteiger partial charge in [0.25, 0.3) is 0 Å². The van der Waals surface area contributed by atoms with E-state index in [0.29, 0.717) is 28.8 Å². The maximum atomic E-state index is 13.4. The normalized spacial score (nSPS) is 32.1. The van der Waals surface area contributed by atoms with Crippen LogP contribution in [0.5, 0.6) is 5.75 Å². The number of allylic oxidation sites excluding steroid dienone is 2. The third-order valence-corrected chi connectivity index (χ3v) is 7.29. The third kappa shape index (κ3) is 2.70. The molecule has 1 heterocycles. The van der Waals surface area contributed by atoms with Gasteiger partial charge in [0.2, 0.25) is 11.8 Å². The Morgan fingerprint density at radius 2 is 1.55 bits per heavy atom. The van der Waals surface area contributed by atoms with E-state index < -0.39 is 5.82 Å². The van der Waals surface area contributed by atoms with E-state index in [4.69, 9.17) is 4.74 Å².